The first-order valence-corrected chi connectivity index (χ1v) is 10.7. The maximum Gasteiger partial charge on any atom is -0.147 e. The van der Waals surface area contributed by atoms with Crippen LogP contribution in [0.5, 0.6) is 0 Å². The van der Waals surface area contributed by atoms with Crippen molar-refractivity contribution in [3.05, 3.63) is 0 Å². The van der Waals surface area contributed by atoms with Crippen LogP contribution in [0.1, 0.15) is 40.0 Å². The molecule has 0 saturated carbocycles. The fourth-order valence-electron chi connectivity index (χ4n) is 1.23. The second-order valence-corrected chi connectivity index (χ2v) is 12.7. The third-order valence-electron chi connectivity index (χ3n) is 2.13. The summed E-state index contributed by atoms with van der Waals surface area (Å²) in [5.74, 6) is 0. The summed E-state index contributed by atoms with van der Waals surface area (Å²) < 4.78 is 4.80. The van der Waals surface area contributed by atoms with E-state index < -0.39 is 19.8 Å². The number of halogens is 1. The monoisotopic (exact) mass is 285 g/mol. The summed E-state index contributed by atoms with van der Waals surface area (Å²) in [6.45, 7) is 7.08. The van der Waals surface area contributed by atoms with E-state index >= 15 is 0 Å². The Morgan fingerprint density at radius 1 is 0.909 bits per heavy atom. The molecule has 0 aliphatic carbocycles. The predicted octanol–water partition coefficient (Wildman–Crippen LogP) is 4.13. The van der Waals surface area contributed by atoms with E-state index in [1.54, 1.807) is 13.3 Å². The minimum atomic E-state index is -0.735. The van der Waals surface area contributed by atoms with Crippen molar-refractivity contribution in [2.24, 2.45) is 0 Å². The van der Waals surface area contributed by atoms with Crippen LogP contribution in [0.3, 0.4) is 0 Å². The number of hydrogen-bond acceptors (Lipinski definition) is 0. The molecule has 0 aromatic rings. The van der Waals surface area contributed by atoms with Gasteiger partial charge in [-0.05, 0) is 0 Å². The van der Waals surface area contributed by atoms with Crippen molar-refractivity contribution in [2.75, 3.05) is 0 Å². The molecule has 0 fully saturated rings. The summed E-state index contributed by atoms with van der Waals surface area (Å²) in [4.78, 5) is 0. The third-order valence-corrected chi connectivity index (χ3v) is 10.9. The minimum Gasteiger partial charge on any atom is -0.147 e. The summed E-state index contributed by atoms with van der Waals surface area (Å²) in [6.07, 6.45) is 4.40. The van der Waals surface area contributed by atoms with Gasteiger partial charge in [0.15, 0.2) is 0 Å². The average molecular weight is 284 g/mol. The first kappa shape index (κ1) is 14.6. The molecule has 11 heavy (non-hydrogen) atoms. The van der Waals surface area contributed by atoms with Crippen LogP contribution in [-0.2, 0) is 0 Å². The van der Waals surface area contributed by atoms with E-state index in [2.05, 4.69) is 20.8 Å². The van der Waals surface area contributed by atoms with Gasteiger partial charge in [-0.1, -0.05) is 0 Å². The van der Waals surface area contributed by atoms with Crippen LogP contribution < -0.4 is 0 Å². The van der Waals surface area contributed by atoms with Crippen LogP contribution in [0.25, 0.3) is 0 Å². The van der Waals surface area contributed by atoms with Crippen molar-refractivity contribution in [3.8, 4) is 0 Å². The molecule has 0 saturated heterocycles. The molecule has 69 valence electrons. The molecule has 0 aromatic carbocycles. The Labute approximate surface area is 85.3 Å². The second kappa shape index (κ2) is 11.1. The van der Waals surface area contributed by atoms with Crippen molar-refractivity contribution in [2.45, 2.75) is 53.3 Å². The quantitative estimate of drug-likeness (QED) is 0.508. The Morgan fingerprint density at radius 2 is 1.45 bits per heavy atom. The van der Waals surface area contributed by atoms with E-state index in [4.69, 9.17) is 0 Å². The van der Waals surface area contributed by atoms with Gasteiger partial charge in [0.2, 0.25) is 0 Å². The first-order chi connectivity index (χ1) is 4.85. The minimum absolute atomic E-state index is 0. The Morgan fingerprint density at radius 3 is 1.82 bits per heavy atom. The molecule has 0 aromatic heterocycles. The van der Waals surface area contributed by atoms with Gasteiger partial charge in [0, 0.05) is 0 Å². The van der Waals surface area contributed by atoms with E-state index in [1.807, 2.05) is 0 Å². The Hall–Kier alpha value is 1.09. The summed E-state index contributed by atoms with van der Waals surface area (Å²) in [5.41, 5.74) is 0. The molecule has 0 bridgehead atoms. The molecule has 0 rings (SSSR count). The van der Waals surface area contributed by atoms with E-state index in [0.29, 0.717) is 0 Å². The molecule has 0 amide bonds. The van der Waals surface area contributed by atoms with E-state index in [1.165, 1.54) is 19.3 Å². The van der Waals surface area contributed by atoms with Gasteiger partial charge in [-0.25, -0.2) is 0 Å². The van der Waals surface area contributed by atoms with Gasteiger partial charge in [0.05, 0.1) is 0 Å². The maximum absolute atomic E-state index is 2.39. The van der Waals surface area contributed by atoms with Crippen LogP contribution in [-0.4, -0.2) is 19.8 Å². The van der Waals surface area contributed by atoms with Gasteiger partial charge in [-0.2, -0.15) is 0 Å². The molecular weight excluding hydrogens is 262 g/mol. The number of unbranched alkanes of at least 4 members (excludes halogenated alkanes) is 2. The molecule has 0 aliphatic rings. The van der Waals surface area contributed by atoms with Crippen molar-refractivity contribution < 1.29 is 0 Å². The molecule has 2 heteroatoms. The Kier molecular flexibility index (Phi) is 14.7. The summed E-state index contributed by atoms with van der Waals surface area (Å²) in [6, 6.07) is 0. The molecule has 0 heterocycles. The van der Waals surface area contributed by atoms with Gasteiger partial charge in [-0.15, -0.1) is 12.4 Å². The smallest absolute Gasteiger partial charge is 0.147 e. The van der Waals surface area contributed by atoms with Crippen LogP contribution in [0.4, 0.5) is 0 Å². The van der Waals surface area contributed by atoms with E-state index in [-0.39, 0.29) is 12.4 Å². The molecule has 1 radical (unpaired) electrons. The molecular formula is C9H22ClSn. The molecule has 0 unspecified atom stereocenters. The van der Waals surface area contributed by atoms with Crippen molar-refractivity contribution in [1.29, 1.82) is 0 Å². The first-order valence-electron chi connectivity index (χ1n) is 4.68. The van der Waals surface area contributed by atoms with Gasteiger partial charge < -0.3 is 0 Å². The van der Waals surface area contributed by atoms with E-state index in [0.717, 1.165) is 0 Å². The van der Waals surface area contributed by atoms with E-state index in [9.17, 15) is 0 Å². The normalized spacial score (nSPS) is 9.82. The average Bonchev–Trinajstić information content (AvgIpc) is 1.99. The van der Waals surface area contributed by atoms with Crippen LogP contribution >= 0.6 is 12.4 Å². The molecule has 0 atom stereocenters. The standard InChI is InChI=1S/C5H11.2C2H5.ClH.Sn/c1-3-5-4-2;2*1-2;;/h1,3-5H2,2H3;2*1H2,2H3;1H;. The van der Waals surface area contributed by atoms with Gasteiger partial charge >= 0.3 is 73.1 Å². The predicted molar refractivity (Wildman–Crippen MR) is 58.3 cm³/mol. The fraction of sp³-hybridized carbons (Fsp3) is 1.00. The van der Waals surface area contributed by atoms with Crippen LogP contribution in [0.2, 0.25) is 13.3 Å². The molecule has 0 nitrogen and oxygen atoms in total. The van der Waals surface area contributed by atoms with Gasteiger partial charge in [0.25, 0.3) is 0 Å². The second-order valence-electron chi connectivity index (χ2n) is 2.91. The molecule has 0 N–H and O–H groups in total. The topological polar surface area (TPSA) is 0 Å². The number of rotatable bonds is 6. The maximum atomic E-state index is 2.39. The zero-order valence-corrected chi connectivity index (χ0v) is 11.8. The van der Waals surface area contributed by atoms with Crippen molar-refractivity contribution >= 4 is 32.2 Å². The zero-order chi connectivity index (χ0) is 7.82. The van der Waals surface area contributed by atoms with Crippen LogP contribution in [0.15, 0.2) is 0 Å². The molecule has 0 aliphatic heterocycles. The fourth-order valence-corrected chi connectivity index (χ4v) is 6.81. The zero-order valence-electron chi connectivity index (χ0n) is 8.15. The van der Waals surface area contributed by atoms with Crippen molar-refractivity contribution in [1.82, 2.24) is 0 Å². The van der Waals surface area contributed by atoms with Crippen molar-refractivity contribution in [3.63, 3.8) is 0 Å². The summed E-state index contributed by atoms with van der Waals surface area (Å²) in [7, 11) is 0. The number of hydrogen-bond donors (Lipinski definition) is 0. The third kappa shape index (κ3) is 9.00. The van der Waals surface area contributed by atoms with Gasteiger partial charge in [-0.3, -0.25) is 0 Å². The SMILES string of the molecule is CCCC[CH2][Sn]([CH2]C)[CH2]C.Cl. The Bertz CT molecular complexity index is 62.6. The summed E-state index contributed by atoms with van der Waals surface area (Å²) in [5, 5.41) is 0. The molecule has 0 spiro atoms. The van der Waals surface area contributed by atoms with Crippen LogP contribution in [0, 0.1) is 0 Å². The Balaban J connectivity index is 0. The van der Waals surface area contributed by atoms with Gasteiger partial charge in [0.1, 0.15) is 0 Å². The summed E-state index contributed by atoms with van der Waals surface area (Å²) >= 11 is -0.735. The largest absolute Gasteiger partial charge is 0.147 e.